The number of hydrogen-bond donors (Lipinski definition) is 1. The van der Waals surface area contributed by atoms with E-state index in [-0.39, 0.29) is 17.9 Å². The first-order valence-electron chi connectivity index (χ1n) is 6.41. The minimum Gasteiger partial charge on any atom is -0.317 e. The molecule has 1 aromatic rings. The predicted octanol–water partition coefficient (Wildman–Crippen LogP) is 1.04. The SMILES string of the molecule is O=C1NC=N[C@H]2CN(Cc3ccccc3)CC[C@@H]12. The average Bonchev–Trinajstić information content (AvgIpc) is 2.40. The van der Waals surface area contributed by atoms with Crippen LogP contribution in [-0.4, -0.2) is 36.3 Å². The number of rotatable bonds is 2. The minimum atomic E-state index is 0.0713. The van der Waals surface area contributed by atoms with Gasteiger partial charge < -0.3 is 5.32 Å². The van der Waals surface area contributed by atoms with E-state index in [1.807, 2.05) is 6.07 Å². The first-order valence-corrected chi connectivity index (χ1v) is 6.41. The van der Waals surface area contributed by atoms with Crippen molar-refractivity contribution in [3.05, 3.63) is 35.9 Å². The molecule has 4 heteroatoms. The molecular weight excluding hydrogens is 226 g/mol. The zero-order chi connectivity index (χ0) is 12.4. The lowest BCUT2D eigenvalue weighted by Gasteiger charge is -2.37. The van der Waals surface area contributed by atoms with Crippen LogP contribution in [0.15, 0.2) is 35.3 Å². The number of nitrogens with zero attached hydrogens (tertiary/aromatic N) is 2. The molecule has 0 radical (unpaired) electrons. The van der Waals surface area contributed by atoms with Gasteiger partial charge in [0.1, 0.15) is 0 Å². The number of nitrogens with one attached hydrogen (secondary N) is 1. The number of carbonyl (C=O) groups excluding carboxylic acids is 1. The molecule has 0 saturated carbocycles. The lowest BCUT2D eigenvalue weighted by Crippen LogP contribution is -2.51. The normalized spacial score (nSPS) is 27.7. The van der Waals surface area contributed by atoms with Crippen LogP contribution in [-0.2, 0) is 11.3 Å². The van der Waals surface area contributed by atoms with E-state index in [4.69, 9.17) is 0 Å². The number of amides is 1. The van der Waals surface area contributed by atoms with Gasteiger partial charge >= 0.3 is 0 Å². The fraction of sp³-hybridized carbons (Fsp3) is 0.429. The van der Waals surface area contributed by atoms with Crippen LogP contribution in [0.3, 0.4) is 0 Å². The van der Waals surface area contributed by atoms with Crippen molar-refractivity contribution in [2.24, 2.45) is 10.9 Å². The largest absolute Gasteiger partial charge is 0.317 e. The summed E-state index contributed by atoms with van der Waals surface area (Å²) >= 11 is 0. The van der Waals surface area contributed by atoms with Gasteiger partial charge in [-0.25, -0.2) is 0 Å². The first-order chi connectivity index (χ1) is 8.83. The molecule has 1 fully saturated rings. The van der Waals surface area contributed by atoms with E-state index in [9.17, 15) is 4.79 Å². The number of fused-ring (bicyclic) bond motifs is 1. The molecular formula is C14H17N3O. The Labute approximate surface area is 107 Å². The Kier molecular flexibility index (Phi) is 3.11. The van der Waals surface area contributed by atoms with Crippen molar-refractivity contribution in [3.8, 4) is 0 Å². The summed E-state index contributed by atoms with van der Waals surface area (Å²) in [6.07, 6.45) is 2.45. The summed E-state index contributed by atoms with van der Waals surface area (Å²) in [6, 6.07) is 10.6. The highest BCUT2D eigenvalue weighted by molar-refractivity contribution is 5.91. The molecule has 2 heterocycles. The fourth-order valence-corrected chi connectivity index (χ4v) is 2.74. The first kappa shape index (κ1) is 11.4. The van der Waals surface area contributed by atoms with Crippen molar-refractivity contribution < 1.29 is 4.79 Å². The standard InChI is InChI=1S/C14H17N3O/c18-14-12-6-7-17(9-13(12)15-10-16-14)8-11-4-2-1-3-5-11/h1-5,10,12-13H,6-9H2,(H,15,16,18)/t12-,13+/m1/s1. The summed E-state index contributed by atoms with van der Waals surface area (Å²) < 4.78 is 0. The minimum absolute atomic E-state index is 0.0713. The third kappa shape index (κ3) is 2.29. The number of carbonyl (C=O) groups is 1. The third-order valence-corrected chi connectivity index (χ3v) is 3.72. The highest BCUT2D eigenvalue weighted by atomic mass is 16.2. The zero-order valence-corrected chi connectivity index (χ0v) is 10.2. The number of benzene rings is 1. The van der Waals surface area contributed by atoms with Crippen molar-refractivity contribution in [3.63, 3.8) is 0 Å². The van der Waals surface area contributed by atoms with Gasteiger partial charge in [0.15, 0.2) is 0 Å². The van der Waals surface area contributed by atoms with Gasteiger partial charge in [0.25, 0.3) is 0 Å². The summed E-state index contributed by atoms with van der Waals surface area (Å²) in [7, 11) is 0. The Balaban J connectivity index is 1.65. The van der Waals surface area contributed by atoms with Gasteiger partial charge in [-0.15, -0.1) is 0 Å². The van der Waals surface area contributed by atoms with Gasteiger partial charge in [-0.1, -0.05) is 30.3 Å². The molecule has 2 atom stereocenters. The van der Waals surface area contributed by atoms with Gasteiger partial charge in [-0.3, -0.25) is 14.7 Å². The van der Waals surface area contributed by atoms with E-state index >= 15 is 0 Å². The second kappa shape index (κ2) is 4.90. The lowest BCUT2D eigenvalue weighted by atomic mass is 9.90. The molecule has 0 aliphatic carbocycles. The van der Waals surface area contributed by atoms with Crippen LogP contribution in [0.5, 0.6) is 0 Å². The summed E-state index contributed by atoms with van der Waals surface area (Å²) in [4.78, 5) is 18.4. The van der Waals surface area contributed by atoms with Crippen molar-refractivity contribution in [1.29, 1.82) is 0 Å². The van der Waals surface area contributed by atoms with Crippen LogP contribution < -0.4 is 5.32 Å². The van der Waals surface area contributed by atoms with Crippen molar-refractivity contribution in [1.82, 2.24) is 10.2 Å². The van der Waals surface area contributed by atoms with E-state index in [0.29, 0.717) is 0 Å². The highest BCUT2D eigenvalue weighted by Gasteiger charge is 2.35. The van der Waals surface area contributed by atoms with Gasteiger partial charge in [-0.2, -0.15) is 0 Å². The zero-order valence-electron chi connectivity index (χ0n) is 10.2. The Morgan fingerprint density at radius 2 is 2.17 bits per heavy atom. The molecule has 94 valence electrons. The molecule has 0 bridgehead atoms. The number of hydrogen-bond acceptors (Lipinski definition) is 3. The number of piperidine rings is 1. The molecule has 0 unspecified atom stereocenters. The smallest absolute Gasteiger partial charge is 0.230 e. The molecule has 0 aromatic heterocycles. The molecule has 18 heavy (non-hydrogen) atoms. The van der Waals surface area contributed by atoms with Crippen LogP contribution in [0.1, 0.15) is 12.0 Å². The van der Waals surface area contributed by atoms with Gasteiger partial charge in [0.2, 0.25) is 5.91 Å². The van der Waals surface area contributed by atoms with E-state index in [0.717, 1.165) is 26.1 Å². The van der Waals surface area contributed by atoms with Gasteiger partial charge in [0.05, 0.1) is 18.3 Å². The summed E-state index contributed by atoms with van der Waals surface area (Å²) in [5.74, 6) is 0.205. The van der Waals surface area contributed by atoms with Crippen molar-refractivity contribution in [2.45, 2.75) is 19.0 Å². The number of aliphatic imine (C=N–C) groups is 1. The maximum atomic E-state index is 11.7. The molecule has 1 amide bonds. The highest BCUT2D eigenvalue weighted by Crippen LogP contribution is 2.23. The fourth-order valence-electron chi connectivity index (χ4n) is 2.74. The molecule has 1 N–H and O–H groups in total. The van der Waals surface area contributed by atoms with Crippen LogP contribution in [0, 0.1) is 5.92 Å². The monoisotopic (exact) mass is 243 g/mol. The van der Waals surface area contributed by atoms with Crippen LogP contribution in [0.2, 0.25) is 0 Å². The molecule has 0 spiro atoms. The molecule has 1 saturated heterocycles. The predicted molar refractivity (Wildman–Crippen MR) is 70.2 cm³/mol. The molecule has 1 aromatic carbocycles. The topological polar surface area (TPSA) is 44.7 Å². The van der Waals surface area contributed by atoms with E-state index in [1.165, 1.54) is 5.56 Å². The van der Waals surface area contributed by atoms with Crippen molar-refractivity contribution >= 4 is 12.2 Å². The lowest BCUT2D eigenvalue weighted by molar-refractivity contribution is -0.126. The summed E-state index contributed by atoms with van der Waals surface area (Å²) in [6.45, 7) is 2.80. The van der Waals surface area contributed by atoms with Crippen LogP contribution in [0.25, 0.3) is 0 Å². The maximum Gasteiger partial charge on any atom is 0.230 e. The van der Waals surface area contributed by atoms with Crippen LogP contribution in [0.4, 0.5) is 0 Å². The van der Waals surface area contributed by atoms with Crippen LogP contribution >= 0.6 is 0 Å². The van der Waals surface area contributed by atoms with Gasteiger partial charge in [0, 0.05) is 13.1 Å². The van der Waals surface area contributed by atoms with E-state index in [1.54, 1.807) is 6.34 Å². The molecule has 2 aliphatic heterocycles. The Bertz CT molecular complexity index is 457. The Hall–Kier alpha value is -1.68. The van der Waals surface area contributed by atoms with E-state index < -0.39 is 0 Å². The van der Waals surface area contributed by atoms with Gasteiger partial charge in [-0.05, 0) is 18.5 Å². The summed E-state index contributed by atoms with van der Waals surface area (Å²) in [5.41, 5.74) is 1.32. The molecule has 4 nitrogen and oxygen atoms in total. The van der Waals surface area contributed by atoms with E-state index in [2.05, 4.69) is 39.5 Å². The Morgan fingerprint density at radius 1 is 1.33 bits per heavy atom. The second-order valence-electron chi connectivity index (χ2n) is 4.97. The second-order valence-corrected chi connectivity index (χ2v) is 4.97. The van der Waals surface area contributed by atoms with Crippen molar-refractivity contribution in [2.75, 3.05) is 13.1 Å². The average molecular weight is 243 g/mol. The third-order valence-electron chi connectivity index (χ3n) is 3.72. The quantitative estimate of drug-likeness (QED) is 0.843. The number of likely N-dealkylation sites (tertiary alicyclic amines) is 1. The molecule has 3 rings (SSSR count). The molecule has 2 aliphatic rings. The Morgan fingerprint density at radius 3 is 3.00 bits per heavy atom. The maximum absolute atomic E-state index is 11.7. The summed E-state index contributed by atoms with van der Waals surface area (Å²) in [5, 5.41) is 2.70.